The first kappa shape index (κ1) is 19.9. The van der Waals surface area contributed by atoms with E-state index in [0.29, 0.717) is 0 Å². The van der Waals surface area contributed by atoms with Gasteiger partial charge in [0.05, 0.1) is 10.9 Å². The van der Waals surface area contributed by atoms with E-state index < -0.39 is 16.1 Å². The molecule has 5 nitrogen and oxygen atoms in total. The first-order valence-corrected chi connectivity index (χ1v) is 10.7. The van der Waals surface area contributed by atoms with Gasteiger partial charge in [0.15, 0.2) is 0 Å². The van der Waals surface area contributed by atoms with Crippen molar-refractivity contribution < 1.29 is 13.2 Å². The standard InChI is InChI=1S/C19H30N2O3S/c1-4-5-8-16-11-13-18(14-12-16)25(23,24)20-15(2)19(22)21(3)17-9-6-7-10-17/h11-15,17,20H,4-10H2,1-3H3. The highest BCUT2D eigenvalue weighted by Gasteiger charge is 2.29. The quantitative estimate of drug-likeness (QED) is 0.769. The van der Waals surface area contributed by atoms with Gasteiger partial charge in [0.2, 0.25) is 15.9 Å². The molecule has 0 radical (unpaired) electrons. The van der Waals surface area contributed by atoms with Gasteiger partial charge < -0.3 is 4.90 Å². The van der Waals surface area contributed by atoms with Crippen LogP contribution in [0.4, 0.5) is 0 Å². The van der Waals surface area contributed by atoms with Crippen molar-refractivity contribution in [3.8, 4) is 0 Å². The molecular weight excluding hydrogens is 336 g/mol. The van der Waals surface area contributed by atoms with Crippen LogP contribution in [0.5, 0.6) is 0 Å². The van der Waals surface area contributed by atoms with E-state index in [1.165, 1.54) is 0 Å². The van der Waals surface area contributed by atoms with E-state index >= 15 is 0 Å². The summed E-state index contributed by atoms with van der Waals surface area (Å²) in [6, 6.07) is 6.40. The Bertz CT molecular complexity index is 664. The van der Waals surface area contributed by atoms with Crippen molar-refractivity contribution in [1.82, 2.24) is 9.62 Å². The SMILES string of the molecule is CCCCc1ccc(S(=O)(=O)NC(C)C(=O)N(C)C2CCCC2)cc1. The van der Waals surface area contributed by atoms with Gasteiger partial charge in [0, 0.05) is 13.1 Å². The van der Waals surface area contributed by atoms with Crippen molar-refractivity contribution in [2.45, 2.75) is 75.8 Å². The lowest BCUT2D eigenvalue weighted by Crippen LogP contribution is -2.48. The lowest BCUT2D eigenvalue weighted by Gasteiger charge is -2.27. The molecule has 1 unspecified atom stereocenters. The van der Waals surface area contributed by atoms with Crippen LogP contribution in [0.2, 0.25) is 0 Å². The fourth-order valence-electron chi connectivity index (χ4n) is 3.34. The second-order valence-electron chi connectivity index (χ2n) is 6.98. The lowest BCUT2D eigenvalue weighted by molar-refractivity contribution is -0.133. The van der Waals surface area contributed by atoms with Crippen LogP contribution in [-0.4, -0.2) is 38.4 Å². The van der Waals surface area contributed by atoms with Gasteiger partial charge in [-0.1, -0.05) is 38.3 Å². The summed E-state index contributed by atoms with van der Waals surface area (Å²) in [6.07, 6.45) is 7.41. The Labute approximate surface area is 151 Å². The molecule has 0 aromatic heterocycles. The summed E-state index contributed by atoms with van der Waals surface area (Å²) in [7, 11) is -1.93. The fraction of sp³-hybridized carbons (Fsp3) is 0.632. The number of nitrogens with one attached hydrogen (secondary N) is 1. The minimum absolute atomic E-state index is 0.171. The van der Waals surface area contributed by atoms with Crippen molar-refractivity contribution in [1.29, 1.82) is 0 Å². The molecule has 1 aliphatic rings. The van der Waals surface area contributed by atoms with E-state index in [1.807, 2.05) is 12.1 Å². The molecule has 1 amide bonds. The summed E-state index contributed by atoms with van der Waals surface area (Å²) >= 11 is 0. The third-order valence-corrected chi connectivity index (χ3v) is 6.53. The van der Waals surface area contributed by atoms with Gasteiger partial charge in [0.25, 0.3) is 0 Å². The molecule has 1 N–H and O–H groups in total. The van der Waals surface area contributed by atoms with Crippen molar-refractivity contribution in [2.75, 3.05) is 7.05 Å². The highest BCUT2D eigenvalue weighted by atomic mass is 32.2. The van der Waals surface area contributed by atoms with Gasteiger partial charge >= 0.3 is 0 Å². The Morgan fingerprint density at radius 1 is 1.24 bits per heavy atom. The topological polar surface area (TPSA) is 66.5 Å². The minimum Gasteiger partial charge on any atom is -0.341 e. The molecule has 2 rings (SSSR count). The number of aryl methyl sites for hydroxylation is 1. The average molecular weight is 367 g/mol. The third-order valence-electron chi connectivity index (χ3n) is 4.98. The van der Waals surface area contributed by atoms with Crippen molar-refractivity contribution in [3.05, 3.63) is 29.8 Å². The molecule has 6 heteroatoms. The summed E-state index contributed by atoms with van der Waals surface area (Å²) in [5.74, 6) is -0.171. The Hall–Kier alpha value is -1.40. The van der Waals surface area contributed by atoms with Gasteiger partial charge in [-0.3, -0.25) is 4.79 Å². The van der Waals surface area contributed by atoms with E-state index in [1.54, 1.807) is 31.0 Å². The largest absolute Gasteiger partial charge is 0.341 e. The molecule has 0 aliphatic heterocycles. The molecule has 0 spiro atoms. The normalized spacial score (nSPS) is 16.8. The Morgan fingerprint density at radius 2 is 1.84 bits per heavy atom. The third kappa shape index (κ3) is 5.28. The van der Waals surface area contributed by atoms with E-state index in [0.717, 1.165) is 50.5 Å². The maximum atomic E-state index is 12.5. The zero-order valence-electron chi connectivity index (χ0n) is 15.5. The number of carbonyl (C=O) groups excluding carboxylic acids is 1. The number of hydrogen-bond donors (Lipinski definition) is 1. The number of amides is 1. The molecule has 0 heterocycles. The highest BCUT2D eigenvalue weighted by molar-refractivity contribution is 7.89. The van der Waals surface area contributed by atoms with Crippen LogP contribution >= 0.6 is 0 Å². The fourth-order valence-corrected chi connectivity index (χ4v) is 4.54. The molecule has 0 saturated heterocycles. The molecule has 25 heavy (non-hydrogen) atoms. The van der Waals surface area contributed by atoms with Crippen LogP contribution in [0.25, 0.3) is 0 Å². The smallest absolute Gasteiger partial charge is 0.241 e. The maximum absolute atomic E-state index is 12.5. The number of rotatable bonds is 8. The monoisotopic (exact) mass is 366 g/mol. The Morgan fingerprint density at radius 3 is 2.40 bits per heavy atom. The predicted molar refractivity (Wildman–Crippen MR) is 99.9 cm³/mol. The first-order chi connectivity index (χ1) is 11.8. The van der Waals surface area contributed by atoms with Crippen LogP contribution in [0.3, 0.4) is 0 Å². The summed E-state index contributed by atoms with van der Waals surface area (Å²) in [5.41, 5.74) is 1.13. The number of sulfonamides is 1. The molecule has 0 bridgehead atoms. The number of likely N-dealkylation sites (N-methyl/N-ethyl adjacent to an activating group) is 1. The van der Waals surface area contributed by atoms with Gasteiger partial charge in [-0.05, 0) is 50.3 Å². The van der Waals surface area contributed by atoms with E-state index in [2.05, 4.69) is 11.6 Å². The van der Waals surface area contributed by atoms with Gasteiger partial charge in [-0.2, -0.15) is 4.72 Å². The number of nitrogens with zero attached hydrogens (tertiary/aromatic N) is 1. The molecule has 1 fully saturated rings. The van der Waals surface area contributed by atoms with Crippen LogP contribution in [-0.2, 0) is 21.2 Å². The minimum atomic E-state index is -3.70. The zero-order valence-corrected chi connectivity index (χ0v) is 16.3. The van der Waals surface area contributed by atoms with Gasteiger partial charge in [-0.25, -0.2) is 8.42 Å². The second-order valence-corrected chi connectivity index (χ2v) is 8.69. The highest BCUT2D eigenvalue weighted by Crippen LogP contribution is 2.23. The van der Waals surface area contributed by atoms with Crippen molar-refractivity contribution in [2.24, 2.45) is 0 Å². The second kappa shape index (κ2) is 8.81. The molecular formula is C19H30N2O3S. The van der Waals surface area contributed by atoms with Gasteiger partial charge in [0.1, 0.15) is 0 Å². The summed E-state index contributed by atoms with van der Waals surface area (Å²) in [4.78, 5) is 14.4. The summed E-state index contributed by atoms with van der Waals surface area (Å²) in [6.45, 7) is 3.74. The van der Waals surface area contributed by atoms with E-state index in [4.69, 9.17) is 0 Å². The molecule has 140 valence electrons. The van der Waals surface area contributed by atoms with Crippen molar-refractivity contribution in [3.63, 3.8) is 0 Å². The molecule has 1 atom stereocenters. The number of hydrogen-bond acceptors (Lipinski definition) is 3. The number of carbonyl (C=O) groups is 1. The summed E-state index contributed by atoms with van der Waals surface area (Å²) < 4.78 is 27.6. The van der Waals surface area contributed by atoms with E-state index in [-0.39, 0.29) is 16.8 Å². The van der Waals surface area contributed by atoms with Crippen LogP contribution in [0.1, 0.15) is 57.9 Å². The molecule has 1 aliphatic carbocycles. The lowest BCUT2D eigenvalue weighted by atomic mass is 10.1. The summed E-state index contributed by atoms with van der Waals surface area (Å²) in [5, 5.41) is 0. The molecule has 1 saturated carbocycles. The van der Waals surface area contributed by atoms with Crippen LogP contribution in [0, 0.1) is 0 Å². The van der Waals surface area contributed by atoms with Crippen molar-refractivity contribution >= 4 is 15.9 Å². The number of benzene rings is 1. The van der Waals surface area contributed by atoms with E-state index in [9.17, 15) is 13.2 Å². The van der Waals surface area contributed by atoms with Crippen LogP contribution in [0.15, 0.2) is 29.2 Å². The zero-order chi connectivity index (χ0) is 18.4. The Kier molecular flexibility index (Phi) is 7.02. The molecule has 1 aromatic rings. The predicted octanol–water partition coefficient (Wildman–Crippen LogP) is 3.10. The van der Waals surface area contributed by atoms with Gasteiger partial charge in [-0.15, -0.1) is 0 Å². The first-order valence-electron chi connectivity index (χ1n) is 9.23. The maximum Gasteiger partial charge on any atom is 0.241 e. The molecule has 1 aromatic carbocycles. The average Bonchev–Trinajstić information content (AvgIpc) is 3.13. The number of unbranched alkanes of at least 4 members (excludes halogenated alkanes) is 1. The van der Waals surface area contributed by atoms with Crippen LogP contribution < -0.4 is 4.72 Å². The Balaban J connectivity index is 2.00.